The number of nitrogens with one attached hydrogen (secondary N) is 1. The number of benzene rings is 1. The summed E-state index contributed by atoms with van der Waals surface area (Å²) in [6.45, 7) is 4.71. The van der Waals surface area contributed by atoms with Crippen LogP contribution in [0.3, 0.4) is 0 Å². The van der Waals surface area contributed by atoms with Gasteiger partial charge in [0.05, 0.1) is 0 Å². The highest BCUT2D eigenvalue weighted by Gasteiger charge is 2.27. The smallest absolute Gasteiger partial charge is 0.194 e. The molecule has 1 atom stereocenters. The van der Waals surface area contributed by atoms with E-state index in [0.29, 0.717) is 18.5 Å². The van der Waals surface area contributed by atoms with Crippen LogP contribution in [0.4, 0.5) is 0 Å². The monoisotopic (exact) mass is 522 g/mol. The van der Waals surface area contributed by atoms with Gasteiger partial charge in [-0.3, -0.25) is 0 Å². The minimum absolute atomic E-state index is 0. The molecule has 4 rings (SSSR count). The standard InChI is InChI=1S/C23H34N6.HI/c1-18-26-27-22(28(18)2)16-24-23(25-21-11-7-4-8-12-21)29-14-13-20(17-29)15-19-9-5-3-6-10-19;/h3,5-6,9-10,20-21H,4,7-8,11-17H2,1-2H3,(H,24,25);1H. The Balaban J connectivity index is 0.00000256. The summed E-state index contributed by atoms with van der Waals surface area (Å²) >= 11 is 0. The van der Waals surface area contributed by atoms with E-state index in [1.54, 1.807) is 0 Å². The lowest BCUT2D eigenvalue weighted by Gasteiger charge is -2.29. The molecule has 7 heteroatoms. The molecule has 6 nitrogen and oxygen atoms in total. The van der Waals surface area contributed by atoms with E-state index >= 15 is 0 Å². The van der Waals surface area contributed by atoms with Crippen molar-refractivity contribution >= 4 is 29.9 Å². The van der Waals surface area contributed by atoms with Crippen LogP contribution >= 0.6 is 24.0 Å². The summed E-state index contributed by atoms with van der Waals surface area (Å²) in [5.41, 5.74) is 1.44. The maximum atomic E-state index is 4.99. The maximum Gasteiger partial charge on any atom is 0.194 e. The molecule has 2 aromatic rings. The molecule has 1 aromatic carbocycles. The Morgan fingerprint density at radius 3 is 2.57 bits per heavy atom. The number of aliphatic imine (C=N–C) groups is 1. The first kappa shape index (κ1) is 23.0. The molecule has 2 heterocycles. The Morgan fingerprint density at radius 2 is 1.87 bits per heavy atom. The highest BCUT2D eigenvalue weighted by atomic mass is 127. The zero-order valence-electron chi connectivity index (χ0n) is 18.3. The Labute approximate surface area is 197 Å². The lowest BCUT2D eigenvalue weighted by Crippen LogP contribution is -2.46. The molecule has 1 saturated heterocycles. The maximum absolute atomic E-state index is 4.99. The van der Waals surface area contributed by atoms with E-state index in [1.807, 2.05) is 18.5 Å². The van der Waals surface area contributed by atoms with E-state index in [2.05, 4.69) is 50.7 Å². The fourth-order valence-corrected chi connectivity index (χ4v) is 4.54. The van der Waals surface area contributed by atoms with Crippen LogP contribution in [-0.4, -0.2) is 44.8 Å². The van der Waals surface area contributed by atoms with Gasteiger partial charge in [-0.1, -0.05) is 49.6 Å². The van der Waals surface area contributed by atoms with Gasteiger partial charge in [0.15, 0.2) is 11.8 Å². The highest BCUT2D eigenvalue weighted by molar-refractivity contribution is 14.0. The first-order valence-electron chi connectivity index (χ1n) is 11.1. The predicted octanol–water partition coefficient (Wildman–Crippen LogP) is 4.08. The highest BCUT2D eigenvalue weighted by Crippen LogP contribution is 2.23. The molecule has 30 heavy (non-hydrogen) atoms. The van der Waals surface area contributed by atoms with E-state index in [1.165, 1.54) is 44.1 Å². The second-order valence-electron chi connectivity index (χ2n) is 8.63. The van der Waals surface area contributed by atoms with Gasteiger partial charge in [0.2, 0.25) is 0 Å². The van der Waals surface area contributed by atoms with E-state index in [-0.39, 0.29) is 24.0 Å². The summed E-state index contributed by atoms with van der Waals surface area (Å²) in [6, 6.07) is 11.4. The van der Waals surface area contributed by atoms with Crippen LogP contribution in [0.25, 0.3) is 0 Å². The van der Waals surface area contributed by atoms with Crippen LogP contribution in [0.15, 0.2) is 35.3 Å². The van der Waals surface area contributed by atoms with Gasteiger partial charge in [0, 0.05) is 26.2 Å². The molecular formula is C23H35IN6. The third kappa shape index (κ3) is 5.95. The molecule has 1 aliphatic carbocycles. The number of aryl methyl sites for hydroxylation is 1. The molecular weight excluding hydrogens is 487 g/mol. The third-order valence-corrected chi connectivity index (χ3v) is 6.44. The summed E-state index contributed by atoms with van der Waals surface area (Å²) in [5, 5.41) is 12.3. The van der Waals surface area contributed by atoms with Crippen molar-refractivity contribution in [3.8, 4) is 0 Å². The molecule has 2 aliphatic rings. The van der Waals surface area contributed by atoms with Gasteiger partial charge >= 0.3 is 0 Å². The topological polar surface area (TPSA) is 58.3 Å². The zero-order valence-corrected chi connectivity index (χ0v) is 20.6. The number of guanidine groups is 1. The number of halogens is 1. The summed E-state index contributed by atoms with van der Waals surface area (Å²) in [6.07, 6.45) is 8.90. The summed E-state index contributed by atoms with van der Waals surface area (Å²) in [7, 11) is 2.01. The predicted molar refractivity (Wildman–Crippen MR) is 132 cm³/mol. The van der Waals surface area contributed by atoms with Crippen molar-refractivity contribution < 1.29 is 0 Å². The van der Waals surface area contributed by atoms with E-state index in [4.69, 9.17) is 4.99 Å². The zero-order chi connectivity index (χ0) is 20.1. The van der Waals surface area contributed by atoms with Crippen molar-refractivity contribution in [2.75, 3.05) is 13.1 Å². The van der Waals surface area contributed by atoms with Crippen LogP contribution in [0.2, 0.25) is 0 Å². The lowest BCUT2D eigenvalue weighted by atomic mass is 9.96. The van der Waals surface area contributed by atoms with Crippen molar-refractivity contribution in [1.82, 2.24) is 25.0 Å². The summed E-state index contributed by atoms with van der Waals surface area (Å²) in [5.74, 6) is 3.60. The molecule has 2 fully saturated rings. The van der Waals surface area contributed by atoms with Crippen LogP contribution in [0.5, 0.6) is 0 Å². The minimum atomic E-state index is 0. The summed E-state index contributed by atoms with van der Waals surface area (Å²) in [4.78, 5) is 7.46. The molecule has 0 bridgehead atoms. The van der Waals surface area contributed by atoms with Crippen LogP contribution in [0, 0.1) is 12.8 Å². The average molecular weight is 522 g/mol. The number of likely N-dealkylation sites (tertiary alicyclic amines) is 1. The van der Waals surface area contributed by atoms with Crippen molar-refractivity contribution in [1.29, 1.82) is 0 Å². The molecule has 0 amide bonds. The van der Waals surface area contributed by atoms with Crippen molar-refractivity contribution in [2.45, 2.75) is 64.5 Å². The van der Waals surface area contributed by atoms with Gasteiger partial charge in [0.1, 0.15) is 12.4 Å². The van der Waals surface area contributed by atoms with E-state index in [0.717, 1.165) is 37.1 Å². The Hall–Kier alpha value is -1.64. The first-order valence-corrected chi connectivity index (χ1v) is 11.1. The van der Waals surface area contributed by atoms with E-state index in [9.17, 15) is 0 Å². The largest absolute Gasteiger partial charge is 0.353 e. The third-order valence-electron chi connectivity index (χ3n) is 6.44. The van der Waals surface area contributed by atoms with Gasteiger partial charge in [0.25, 0.3) is 0 Å². The molecule has 1 aliphatic heterocycles. The molecule has 0 radical (unpaired) electrons. The fourth-order valence-electron chi connectivity index (χ4n) is 4.54. The van der Waals surface area contributed by atoms with Gasteiger partial charge in [-0.05, 0) is 44.1 Å². The number of aromatic nitrogens is 3. The quantitative estimate of drug-likeness (QED) is 0.365. The second kappa shape index (κ2) is 11.1. The minimum Gasteiger partial charge on any atom is -0.353 e. The normalized spacial score (nSPS) is 20.3. The number of hydrogen-bond donors (Lipinski definition) is 1. The molecule has 1 saturated carbocycles. The van der Waals surface area contributed by atoms with E-state index < -0.39 is 0 Å². The van der Waals surface area contributed by atoms with Gasteiger partial charge < -0.3 is 14.8 Å². The van der Waals surface area contributed by atoms with Gasteiger partial charge in [-0.2, -0.15) is 0 Å². The molecule has 1 unspecified atom stereocenters. The van der Waals surface area contributed by atoms with Gasteiger partial charge in [-0.25, -0.2) is 4.99 Å². The summed E-state index contributed by atoms with van der Waals surface area (Å²) < 4.78 is 2.03. The Morgan fingerprint density at radius 1 is 1.10 bits per heavy atom. The Kier molecular flexibility index (Phi) is 8.53. The van der Waals surface area contributed by atoms with Crippen LogP contribution in [0.1, 0.15) is 55.7 Å². The number of hydrogen-bond acceptors (Lipinski definition) is 3. The van der Waals surface area contributed by atoms with Crippen LogP contribution in [-0.2, 0) is 20.0 Å². The molecule has 164 valence electrons. The number of nitrogens with zero attached hydrogens (tertiary/aromatic N) is 5. The lowest BCUT2D eigenvalue weighted by molar-refractivity contribution is 0.384. The molecule has 0 spiro atoms. The molecule has 1 N–H and O–H groups in total. The number of rotatable bonds is 5. The van der Waals surface area contributed by atoms with Crippen molar-refractivity contribution in [3.63, 3.8) is 0 Å². The van der Waals surface area contributed by atoms with Crippen LogP contribution < -0.4 is 5.32 Å². The second-order valence-corrected chi connectivity index (χ2v) is 8.63. The first-order chi connectivity index (χ1) is 14.2. The average Bonchev–Trinajstić information content (AvgIpc) is 3.34. The van der Waals surface area contributed by atoms with Gasteiger partial charge in [-0.15, -0.1) is 34.2 Å². The molecule has 1 aromatic heterocycles. The Bertz CT molecular complexity index is 812. The van der Waals surface area contributed by atoms with Crippen molar-refractivity contribution in [2.24, 2.45) is 18.0 Å². The fraction of sp³-hybridized carbons (Fsp3) is 0.609. The van der Waals surface area contributed by atoms with Crippen molar-refractivity contribution in [3.05, 3.63) is 47.5 Å². The SMILES string of the molecule is Cc1nnc(CN=C(NC2CCCCC2)N2CCC(Cc3ccccc3)C2)n1C.I.